The van der Waals surface area contributed by atoms with Gasteiger partial charge in [-0.15, -0.1) is 10.2 Å². The maximum absolute atomic E-state index is 13.4. The maximum atomic E-state index is 13.4. The summed E-state index contributed by atoms with van der Waals surface area (Å²) in [5.74, 6) is 2.53. The molecule has 2 atom stereocenters. The molecule has 1 aliphatic rings. The van der Waals surface area contributed by atoms with Crippen LogP contribution in [0.25, 0.3) is 11.3 Å². The molecule has 0 fully saturated rings. The number of nitrogens with one attached hydrogen (secondary N) is 2. The van der Waals surface area contributed by atoms with Gasteiger partial charge < -0.3 is 10.1 Å². The normalized spacial score (nSPS) is 16.8. The number of fused-ring (bicyclic) bond motifs is 2. The zero-order valence-corrected chi connectivity index (χ0v) is 24.7. The van der Waals surface area contributed by atoms with E-state index in [0.29, 0.717) is 5.82 Å². The van der Waals surface area contributed by atoms with Gasteiger partial charge >= 0.3 is 6.03 Å². The number of ether oxygens (including phenoxy) is 1. The lowest BCUT2D eigenvalue weighted by Gasteiger charge is -2.32. The molecule has 5 aromatic rings. The number of nitrogens with zero attached hydrogens (tertiary/aromatic N) is 5. The highest BCUT2D eigenvalue weighted by atomic mass is 16.5. The molecule has 0 saturated heterocycles. The first-order valence-electron chi connectivity index (χ1n) is 14.5. The molecule has 216 valence electrons. The number of hydrogen-bond acceptors (Lipinski definition) is 5. The lowest BCUT2D eigenvalue weighted by atomic mass is 9.85. The average molecular weight is 564 g/mol. The molecular weight excluding hydrogens is 526 g/mol. The number of aromatic nitrogens is 5. The van der Waals surface area contributed by atoms with Crippen molar-refractivity contribution in [1.29, 1.82) is 0 Å². The molecule has 9 nitrogen and oxygen atoms in total. The van der Waals surface area contributed by atoms with Gasteiger partial charge in [-0.3, -0.25) is 9.72 Å². The SMILES string of the molecule is CC(C)c1nnc2ccc(O[C@@H]3CC[C@H](NC(=O)Nc4cc(C(C)(C)C)nn4-c4ccccc4)c4ccccc43)cn12. The van der Waals surface area contributed by atoms with Gasteiger partial charge in [-0.05, 0) is 48.2 Å². The number of hydrogen-bond donors (Lipinski definition) is 2. The zero-order chi connectivity index (χ0) is 29.4. The molecule has 0 radical (unpaired) electrons. The van der Waals surface area contributed by atoms with E-state index in [0.717, 1.165) is 52.6 Å². The largest absolute Gasteiger partial charge is 0.484 e. The number of pyridine rings is 1. The fraction of sp³-hybridized carbons (Fsp3) is 0.333. The highest BCUT2D eigenvalue weighted by molar-refractivity contribution is 5.89. The van der Waals surface area contributed by atoms with Crippen molar-refractivity contribution < 1.29 is 9.53 Å². The quantitative estimate of drug-likeness (QED) is 0.229. The molecule has 1 aliphatic carbocycles. The monoisotopic (exact) mass is 563 g/mol. The summed E-state index contributed by atoms with van der Waals surface area (Å²) >= 11 is 0. The van der Waals surface area contributed by atoms with Gasteiger partial charge in [-0.25, -0.2) is 9.48 Å². The van der Waals surface area contributed by atoms with Gasteiger partial charge in [0.2, 0.25) is 0 Å². The average Bonchev–Trinajstić information content (AvgIpc) is 3.59. The van der Waals surface area contributed by atoms with Gasteiger partial charge in [-0.2, -0.15) is 5.10 Å². The second kappa shape index (κ2) is 11.0. The number of urea groups is 1. The number of carbonyl (C=O) groups excluding carboxylic acids is 1. The van der Waals surface area contributed by atoms with Crippen molar-refractivity contribution in [3.63, 3.8) is 0 Å². The summed E-state index contributed by atoms with van der Waals surface area (Å²) in [4.78, 5) is 13.4. The van der Waals surface area contributed by atoms with Gasteiger partial charge in [-0.1, -0.05) is 77.1 Å². The molecule has 0 aliphatic heterocycles. The summed E-state index contributed by atoms with van der Waals surface area (Å²) in [6.07, 6.45) is 3.33. The summed E-state index contributed by atoms with van der Waals surface area (Å²) in [6.45, 7) is 10.5. The van der Waals surface area contributed by atoms with E-state index in [1.54, 1.807) is 4.68 Å². The van der Waals surface area contributed by atoms with E-state index in [1.165, 1.54) is 0 Å². The van der Waals surface area contributed by atoms with Gasteiger partial charge in [0.25, 0.3) is 0 Å². The minimum atomic E-state index is -0.272. The highest BCUT2D eigenvalue weighted by Gasteiger charge is 2.30. The molecule has 6 rings (SSSR count). The zero-order valence-electron chi connectivity index (χ0n) is 24.7. The van der Waals surface area contributed by atoms with Crippen molar-refractivity contribution in [3.8, 4) is 11.4 Å². The van der Waals surface area contributed by atoms with Crippen LogP contribution < -0.4 is 15.4 Å². The summed E-state index contributed by atoms with van der Waals surface area (Å²) in [6, 6.07) is 23.4. The minimum absolute atomic E-state index is 0.132. The molecule has 0 unspecified atom stereocenters. The van der Waals surface area contributed by atoms with Crippen molar-refractivity contribution in [2.45, 2.75) is 70.9 Å². The molecule has 2 amide bonds. The Balaban J connectivity index is 1.21. The van der Waals surface area contributed by atoms with Crippen LogP contribution in [0.2, 0.25) is 0 Å². The Morgan fingerprint density at radius 3 is 2.43 bits per heavy atom. The molecule has 9 heteroatoms. The summed E-state index contributed by atoms with van der Waals surface area (Å²) in [7, 11) is 0. The number of para-hydroxylation sites is 1. The van der Waals surface area contributed by atoms with Crippen molar-refractivity contribution in [3.05, 3.63) is 102 Å². The summed E-state index contributed by atoms with van der Waals surface area (Å²) in [5.41, 5.74) is 4.55. The van der Waals surface area contributed by atoms with Crippen molar-refractivity contribution in [1.82, 2.24) is 29.7 Å². The van der Waals surface area contributed by atoms with Crippen LogP contribution in [0.1, 0.15) is 88.2 Å². The molecule has 3 heterocycles. The molecule has 2 aromatic carbocycles. The topological polar surface area (TPSA) is 98.4 Å². The molecule has 0 bridgehead atoms. The van der Waals surface area contributed by atoms with E-state index in [4.69, 9.17) is 9.84 Å². The third-order valence-corrected chi connectivity index (χ3v) is 7.66. The van der Waals surface area contributed by atoms with E-state index in [1.807, 2.05) is 71.3 Å². The molecule has 42 heavy (non-hydrogen) atoms. The maximum Gasteiger partial charge on any atom is 0.320 e. The first-order chi connectivity index (χ1) is 20.2. The number of benzene rings is 2. The van der Waals surface area contributed by atoms with E-state index < -0.39 is 0 Å². The fourth-order valence-corrected chi connectivity index (χ4v) is 5.45. The molecule has 2 N–H and O–H groups in total. The highest BCUT2D eigenvalue weighted by Crippen LogP contribution is 2.39. The van der Waals surface area contributed by atoms with Crippen LogP contribution in [0.15, 0.2) is 79.0 Å². The van der Waals surface area contributed by atoms with Crippen LogP contribution in [-0.2, 0) is 5.41 Å². The molecule has 3 aromatic heterocycles. The van der Waals surface area contributed by atoms with E-state index >= 15 is 0 Å². The van der Waals surface area contributed by atoms with Crippen LogP contribution in [0, 0.1) is 0 Å². The summed E-state index contributed by atoms with van der Waals surface area (Å²) < 4.78 is 10.3. The van der Waals surface area contributed by atoms with Crippen molar-refractivity contribution in [2.24, 2.45) is 0 Å². The van der Waals surface area contributed by atoms with Gasteiger partial charge in [0, 0.05) is 17.4 Å². The van der Waals surface area contributed by atoms with E-state index in [-0.39, 0.29) is 29.5 Å². The second-order valence-electron chi connectivity index (χ2n) is 12.2. The van der Waals surface area contributed by atoms with Crippen molar-refractivity contribution >= 4 is 17.5 Å². The Labute approximate surface area is 245 Å². The van der Waals surface area contributed by atoms with Crippen LogP contribution >= 0.6 is 0 Å². The Morgan fingerprint density at radius 1 is 0.952 bits per heavy atom. The molecule has 0 saturated carbocycles. The first kappa shape index (κ1) is 27.5. The van der Waals surface area contributed by atoms with Crippen LogP contribution in [-0.4, -0.2) is 30.4 Å². The number of anilines is 1. The third kappa shape index (κ3) is 5.46. The fourth-order valence-electron chi connectivity index (χ4n) is 5.45. The molecule has 0 spiro atoms. The minimum Gasteiger partial charge on any atom is -0.484 e. The van der Waals surface area contributed by atoms with Crippen molar-refractivity contribution in [2.75, 3.05) is 5.32 Å². The van der Waals surface area contributed by atoms with E-state index in [2.05, 4.69) is 67.6 Å². The number of carbonyl (C=O) groups is 1. The van der Waals surface area contributed by atoms with Crippen LogP contribution in [0.5, 0.6) is 5.75 Å². The Bertz CT molecular complexity index is 1720. The van der Waals surface area contributed by atoms with Crippen LogP contribution in [0.3, 0.4) is 0 Å². The van der Waals surface area contributed by atoms with Gasteiger partial charge in [0.05, 0.1) is 23.6 Å². The smallest absolute Gasteiger partial charge is 0.320 e. The predicted molar refractivity (Wildman–Crippen MR) is 163 cm³/mol. The Hall–Kier alpha value is -4.66. The molecular formula is C33H37N7O2. The van der Waals surface area contributed by atoms with E-state index in [9.17, 15) is 4.79 Å². The van der Waals surface area contributed by atoms with Crippen LogP contribution in [0.4, 0.5) is 10.6 Å². The first-order valence-corrected chi connectivity index (χ1v) is 14.5. The second-order valence-corrected chi connectivity index (χ2v) is 12.2. The standard InChI is InChI=1S/C33H37N7O2/c1-21(2)31-37-36-29-18-15-23(20-39(29)31)42-27-17-16-26(24-13-9-10-14-25(24)27)34-32(41)35-30-19-28(33(3,4)5)38-40(30)22-11-7-6-8-12-22/h6-15,18-21,26-27H,16-17H2,1-5H3,(H2,34,35,41)/t26-,27+/m0/s1. The number of rotatable bonds is 6. The number of amides is 2. The Kier molecular flexibility index (Phi) is 7.18. The lowest BCUT2D eigenvalue weighted by molar-refractivity contribution is 0.171. The van der Waals surface area contributed by atoms with Gasteiger partial charge in [0.1, 0.15) is 23.5 Å². The summed E-state index contributed by atoms with van der Waals surface area (Å²) in [5, 5.41) is 19.7. The predicted octanol–water partition coefficient (Wildman–Crippen LogP) is 7.11. The lowest BCUT2D eigenvalue weighted by Crippen LogP contribution is -2.36. The Morgan fingerprint density at radius 2 is 1.69 bits per heavy atom. The third-order valence-electron chi connectivity index (χ3n) is 7.66. The van der Waals surface area contributed by atoms with Gasteiger partial charge in [0.15, 0.2) is 5.65 Å².